The van der Waals surface area contributed by atoms with Gasteiger partial charge in [-0.25, -0.2) is 4.98 Å². The normalized spacial score (nSPS) is 12.0. The summed E-state index contributed by atoms with van der Waals surface area (Å²) in [6.07, 6.45) is -4.06. The SMILES string of the molecule is Cc1nc(Cc2nn3c(Cc4ccccc4OC(F)(F)F)nnc3s2)cs1. The molecule has 0 bridgehead atoms. The monoisotopic (exact) mass is 411 g/mol. The molecule has 0 saturated carbocycles. The Kier molecular flexibility index (Phi) is 4.56. The van der Waals surface area contributed by atoms with Gasteiger partial charge in [0.15, 0.2) is 5.82 Å². The minimum Gasteiger partial charge on any atom is -0.405 e. The quantitative estimate of drug-likeness (QED) is 0.496. The number of thiazole rings is 1. The van der Waals surface area contributed by atoms with Crippen LogP contribution in [-0.2, 0) is 12.8 Å². The number of aryl methyl sites for hydroxylation is 1. The standard InChI is InChI=1S/C16H12F3N5OS2/c1-9-20-11(8-26-9)7-14-23-24-13(21-22-15(24)27-14)6-10-4-2-3-5-12(10)25-16(17,18)19/h2-5,8H,6-7H2,1H3. The zero-order valence-electron chi connectivity index (χ0n) is 13.9. The van der Waals surface area contributed by atoms with E-state index in [0.717, 1.165) is 15.7 Å². The van der Waals surface area contributed by atoms with E-state index in [1.54, 1.807) is 28.0 Å². The summed E-state index contributed by atoms with van der Waals surface area (Å²) in [5.41, 5.74) is 1.28. The van der Waals surface area contributed by atoms with E-state index in [-0.39, 0.29) is 12.2 Å². The van der Waals surface area contributed by atoms with E-state index < -0.39 is 6.36 Å². The van der Waals surface area contributed by atoms with Gasteiger partial charge in [0, 0.05) is 23.8 Å². The Hall–Kier alpha value is -2.53. The fourth-order valence-electron chi connectivity index (χ4n) is 2.57. The third-order valence-electron chi connectivity index (χ3n) is 3.64. The van der Waals surface area contributed by atoms with Crippen molar-refractivity contribution in [3.8, 4) is 5.75 Å². The fourth-order valence-corrected chi connectivity index (χ4v) is 4.05. The summed E-state index contributed by atoms with van der Waals surface area (Å²) in [5.74, 6) is 0.190. The number of ether oxygens (including phenoxy) is 1. The fraction of sp³-hybridized carbons (Fsp3) is 0.250. The zero-order chi connectivity index (χ0) is 19.0. The molecule has 4 aromatic rings. The Labute approximate surface area is 159 Å². The van der Waals surface area contributed by atoms with Crippen molar-refractivity contribution in [2.24, 2.45) is 0 Å². The zero-order valence-corrected chi connectivity index (χ0v) is 15.5. The van der Waals surface area contributed by atoms with Crippen LogP contribution in [0.5, 0.6) is 5.75 Å². The average Bonchev–Trinajstić information content (AvgIpc) is 3.26. The van der Waals surface area contributed by atoms with E-state index in [2.05, 4.69) is 25.0 Å². The predicted molar refractivity (Wildman–Crippen MR) is 94.2 cm³/mol. The number of rotatable bonds is 5. The Balaban J connectivity index is 1.60. The van der Waals surface area contributed by atoms with Gasteiger partial charge in [0.25, 0.3) is 0 Å². The molecule has 4 rings (SSSR count). The molecule has 0 unspecified atom stereocenters. The largest absolute Gasteiger partial charge is 0.573 e. The van der Waals surface area contributed by atoms with E-state index in [9.17, 15) is 13.2 Å². The second-order valence-electron chi connectivity index (χ2n) is 5.67. The van der Waals surface area contributed by atoms with E-state index >= 15 is 0 Å². The first-order valence-corrected chi connectivity index (χ1v) is 9.51. The predicted octanol–water partition coefficient (Wildman–Crippen LogP) is 4.03. The van der Waals surface area contributed by atoms with Crippen LogP contribution < -0.4 is 4.74 Å². The summed E-state index contributed by atoms with van der Waals surface area (Å²) in [4.78, 5) is 5.00. The van der Waals surface area contributed by atoms with Crippen LogP contribution in [0.4, 0.5) is 13.2 Å². The van der Waals surface area contributed by atoms with Crippen molar-refractivity contribution < 1.29 is 17.9 Å². The van der Waals surface area contributed by atoms with Gasteiger partial charge in [-0.2, -0.15) is 9.61 Å². The molecule has 0 spiro atoms. The molecule has 11 heteroatoms. The third-order valence-corrected chi connectivity index (χ3v) is 5.36. The average molecular weight is 411 g/mol. The molecule has 0 aliphatic rings. The van der Waals surface area contributed by atoms with Gasteiger partial charge < -0.3 is 4.74 Å². The lowest BCUT2D eigenvalue weighted by Crippen LogP contribution is -2.18. The molecule has 0 atom stereocenters. The highest BCUT2D eigenvalue weighted by Crippen LogP contribution is 2.28. The van der Waals surface area contributed by atoms with Gasteiger partial charge in [-0.15, -0.1) is 34.7 Å². The second kappa shape index (κ2) is 6.89. The number of nitrogens with zero attached hydrogens (tertiary/aromatic N) is 5. The number of fused-ring (bicyclic) bond motifs is 1. The highest BCUT2D eigenvalue weighted by Gasteiger charge is 2.32. The smallest absolute Gasteiger partial charge is 0.405 e. The third kappa shape index (κ3) is 4.08. The topological polar surface area (TPSA) is 65.2 Å². The highest BCUT2D eigenvalue weighted by atomic mass is 32.1. The Morgan fingerprint density at radius 1 is 1.15 bits per heavy atom. The molecule has 0 amide bonds. The van der Waals surface area contributed by atoms with Crippen LogP contribution in [0.25, 0.3) is 4.96 Å². The Morgan fingerprint density at radius 3 is 2.70 bits per heavy atom. The van der Waals surface area contributed by atoms with Gasteiger partial charge in [0.05, 0.1) is 10.7 Å². The van der Waals surface area contributed by atoms with E-state index in [1.165, 1.54) is 23.5 Å². The van der Waals surface area contributed by atoms with Crippen LogP contribution in [-0.4, -0.2) is 31.2 Å². The van der Waals surface area contributed by atoms with Crippen LogP contribution in [0, 0.1) is 6.92 Å². The van der Waals surface area contributed by atoms with Crippen molar-refractivity contribution in [1.82, 2.24) is 24.8 Å². The minimum atomic E-state index is -4.75. The molecule has 6 nitrogen and oxygen atoms in total. The first kappa shape index (κ1) is 17.9. The molecule has 0 N–H and O–H groups in total. The molecule has 3 heterocycles. The molecule has 140 valence electrons. The molecule has 0 radical (unpaired) electrons. The molecule has 1 aromatic carbocycles. The number of aromatic nitrogens is 5. The second-order valence-corrected chi connectivity index (χ2v) is 7.78. The lowest BCUT2D eigenvalue weighted by atomic mass is 10.1. The van der Waals surface area contributed by atoms with Crippen LogP contribution in [0.2, 0.25) is 0 Å². The summed E-state index contributed by atoms with van der Waals surface area (Å²) in [5, 5.41) is 16.4. The van der Waals surface area contributed by atoms with Gasteiger partial charge in [0.1, 0.15) is 10.8 Å². The molecule has 27 heavy (non-hydrogen) atoms. The van der Waals surface area contributed by atoms with E-state index in [0.29, 0.717) is 22.8 Å². The number of hydrogen-bond donors (Lipinski definition) is 0. The van der Waals surface area contributed by atoms with Crippen LogP contribution >= 0.6 is 22.7 Å². The number of alkyl halides is 3. The molecular weight excluding hydrogens is 399 g/mol. The van der Waals surface area contributed by atoms with Crippen molar-refractivity contribution in [2.45, 2.75) is 26.1 Å². The lowest BCUT2D eigenvalue weighted by molar-refractivity contribution is -0.274. The maximum Gasteiger partial charge on any atom is 0.573 e. The van der Waals surface area contributed by atoms with Crippen molar-refractivity contribution >= 4 is 27.6 Å². The van der Waals surface area contributed by atoms with Gasteiger partial charge >= 0.3 is 6.36 Å². The first-order valence-electron chi connectivity index (χ1n) is 7.82. The summed E-state index contributed by atoms with van der Waals surface area (Å²) in [6, 6.07) is 5.97. The van der Waals surface area contributed by atoms with Gasteiger partial charge in [0.2, 0.25) is 4.96 Å². The highest BCUT2D eigenvalue weighted by molar-refractivity contribution is 7.16. The Morgan fingerprint density at radius 2 is 1.96 bits per heavy atom. The summed E-state index contributed by atoms with van der Waals surface area (Å²) in [7, 11) is 0. The number of hydrogen-bond acceptors (Lipinski definition) is 7. The van der Waals surface area contributed by atoms with Crippen molar-refractivity contribution in [2.75, 3.05) is 0 Å². The maximum atomic E-state index is 12.6. The van der Waals surface area contributed by atoms with Gasteiger partial charge in [-0.3, -0.25) is 0 Å². The summed E-state index contributed by atoms with van der Waals surface area (Å²) < 4.78 is 43.4. The van der Waals surface area contributed by atoms with Gasteiger partial charge in [-0.1, -0.05) is 29.5 Å². The summed E-state index contributed by atoms with van der Waals surface area (Å²) >= 11 is 2.95. The van der Waals surface area contributed by atoms with E-state index in [4.69, 9.17) is 0 Å². The summed E-state index contributed by atoms with van der Waals surface area (Å²) in [6.45, 7) is 1.94. The van der Waals surface area contributed by atoms with Crippen molar-refractivity contribution in [3.05, 3.63) is 56.7 Å². The lowest BCUT2D eigenvalue weighted by Gasteiger charge is -2.12. The molecule has 0 aliphatic carbocycles. The van der Waals surface area contributed by atoms with Crippen molar-refractivity contribution in [3.63, 3.8) is 0 Å². The molecule has 0 fully saturated rings. The number of benzene rings is 1. The maximum absolute atomic E-state index is 12.6. The Bertz CT molecular complexity index is 1090. The van der Waals surface area contributed by atoms with Crippen molar-refractivity contribution in [1.29, 1.82) is 0 Å². The van der Waals surface area contributed by atoms with E-state index in [1.807, 2.05) is 12.3 Å². The molecule has 0 aliphatic heterocycles. The van der Waals surface area contributed by atoms with Crippen LogP contribution in [0.3, 0.4) is 0 Å². The van der Waals surface area contributed by atoms with Gasteiger partial charge in [-0.05, 0) is 13.0 Å². The minimum absolute atomic E-state index is 0.117. The number of halogens is 3. The molecule has 0 saturated heterocycles. The first-order chi connectivity index (χ1) is 12.9. The number of para-hydroxylation sites is 1. The molecule has 3 aromatic heterocycles. The van der Waals surface area contributed by atoms with Crippen LogP contribution in [0.15, 0.2) is 29.6 Å². The van der Waals surface area contributed by atoms with Crippen LogP contribution in [0.1, 0.15) is 27.1 Å². The molecular formula is C16H12F3N5OS2.